The molecule has 1 N–H and O–H groups in total. The van der Waals surface area contributed by atoms with Gasteiger partial charge >= 0.3 is 0 Å². The molecule has 0 bridgehead atoms. The molecule has 1 aliphatic heterocycles. The van der Waals surface area contributed by atoms with Gasteiger partial charge in [0.05, 0.1) is 12.0 Å². The summed E-state index contributed by atoms with van der Waals surface area (Å²) in [6.07, 6.45) is 3.13. The Morgan fingerprint density at radius 1 is 1.05 bits per heavy atom. The summed E-state index contributed by atoms with van der Waals surface area (Å²) in [7, 11) is 1.49. The highest BCUT2D eigenvalue weighted by Gasteiger charge is 2.34. The minimum Gasteiger partial charge on any atom is -0.493 e. The molecule has 1 heterocycles. The number of amides is 3. The van der Waals surface area contributed by atoms with E-state index in [0.29, 0.717) is 45.1 Å². The van der Waals surface area contributed by atoms with Gasteiger partial charge in [-0.25, -0.2) is 0 Å². The quantitative estimate of drug-likeness (QED) is 0.271. The first kappa shape index (κ1) is 27.5. The van der Waals surface area contributed by atoms with E-state index in [1.807, 2.05) is 61.5 Å². The van der Waals surface area contributed by atoms with E-state index in [0.717, 1.165) is 23.7 Å². The second kappa shape index (κ2) is 12.8. The molecule has 0 atom stereocenters. The lowest BCUT2D eigenvalue weighted by Gasteiger charge is -2.13. The number of nitrogens with one attached hydrogen (secondary N) is 1. The average molecular weight is 596 g/mol. The van der Waals surface area contributed by atoms with Crippen molar-refractivity contribution >= 4 is 56.5 Å². The maximum absolute atomic E-state index is 12.9. The molecule has 4 rings (SSSR count). The number of carbonyl (C=O) groups excluding carboxylic acids is 3. The Balaban J connectivity index is 1.39. The minimum atomic E-state index is -0.313. The molecule has 1 aliphatic rings. The molecule has 3 aromatic rings. The van der Waals surface area contributed by atoms with Gasteiger partial charge in [-0.2, -0.15) is 0 Å². The van der Waals surface area contributed by atoms with Crippen LogP contribution in [0.15, 0.2) is 76.1 Å². The number of carbonyl (C=O) groups is 3. The number of methoxy groups -OCH3 is 1. The third kappa shape index (κ3) is 7.05. The molecule has 0 aromatic heterocycles. The molecular formula is C29H27BrN2O5S. The van der Waals surface area contributed by atoms with Crippen LogP contribution in [0.3, 0.4) is 0 Å². The molecule has 1 fully saturated rings. The predicted octanol–water partition coefficient (Wildman–Crippen LogP) is 6.45. The normalized spacial score (nSPS) is 14.2. The number of nitrogens with zero attached hydrogens (tertiary/aromatic N) is 1. The van der Waals surface area contributed by atoms with Crippen molar-refractivity contribution in [2.24, 2.45) is 0 Å². The Bertz CT molecular complexity index is 1360. The average Bonchev–Trinajstić information content (AvgIpc) is 3.18. The maximum Gasteiger partial charge on any atom is 0.293 e. The third-order valence-corrected chi connectivity index (χ3v) is 7.42. The van der Waals surface area contributed by atoms with Gasteiger partial charge in [-0.3, -0.25) is 19.3 Å². The fourth-order valence-corrected chi connectivity index (χ4v) is 5.12. The molecule has 38 heavy (non-hydrogen) atoms. The fourth-order valence-electron chi connectivity index (χ4n) is 3.83. The van der Waals surface area contributed by atoms with Crippen molar-refractivity contribution in [3.05, 3.63) is 92.8 Å². The highest BCUT2D eigenvalue weighted by molar-refractivity contribution is 9.10. The SMILES string of the molecule is COc1cc(/C=C2/SC(=O)N(CCCc3ccccc3)C2=O)c(Br)cc1OCC(=O)Nc1ccc(C)cc1. The minimum absolute atomic E-state index is 0.210. The van der Waals surface area contributed by atoms with Crippen molar-refractivity contribution < 1.29 is 23.9 Å². The number of aryl methyl sites for hydroxylation is 2. The lowest BCUT2D eigenvalue weighted by Crippen LogP contribution is -2.29. The molecule has 0 radical (unpaired) electrons. The number of hydrogen-bond acceptors (Lipinski definition) is 6. The largest absolute Gasteiger partial charge is 0.493 e. The number of anilines is 1. The smallest absolute Gasteiger partial charge is 0.293 e. The summed E-state index contributed by atoms with van der Waals surface area (Å²) >= 11 is 4.42. The van der Waals surface area contributed by atoms with Crippen molar-refractivity contribution in [3.8, 4) is 11.5 Å². The van der Waals surface area contributed by atoms with Gasteiger partial charge in [0, 0.05) is 16.7 Å². The van der Waals surface area contributed by atoms with Crippen LogP contribution in [0, 0.1) is 6.92 Å². The topological polar surface area (TPSA) is 84.9 Å². The number of rotatable bonds is 10. The molecule has 1 saturated heterocycles. The van der Waals surface area contributed by atoms with Gasteiger partial charge in [-0.1, -0.05) is 64.0 Å². The Kier molecular flexibility index (Phi) is 9.25. The number of thioether (sulfide) groups is 1. The van der Waals surface area contributed by atoms with E-state index in [1.54, 1.807) is 18.2 Å². The first-order chi connectivity index (χ1) is 18.3. The van der Waals surface area contributed by atoms with Crippen LogP contribution in [-0.2, 0) is 16.0 Å². The fraction of sp³-hybridized carbons (Fsp3) is 0.207. The van der Waals surface area contributed by atoms with Crippen molar-refractivity contribution in [2.75, 3.05) is 25.6 Å². The summed E-state index contributed by atoms with van der Waals surface area (Å²) in [5.41, 5.74) is 3.59. The van der Waals surface area contributed by atoms with Crippen LogP contribution in [0.1, 0.15) is 23.1 Å². The maximum atomic E-state index is 12.9. The van der Waals surface area contributed by atoms with Crippen LogP contribution in [-0.4, -0.2) is 42.2 Å². The van der Waals surface area contributed by atoms with Gasteiger partial charge in [0.1, 0.15) is 0 Å². The van der Waals surface area contributed by atoms with Crippen LogP contribution < -0.4 is 14.8 Å². The number of benzene rings is 3. The van der Waals surface area contributed by atoms with Crippen LogP contribution in [0.25, 0.3) is 6.08 Å². The lowest BCUT2D eigenvalue weighted by molar-refractivity contribution is -0.122. The van der Waals surface area contributed by atoms with E-state index in [-0.39, 0.29) is 23.7 Å². The van der Waals surface area contributed by atoms with E-state index >= 15 is 0 Å². The van der Waals surface area contributed by atoms with E-state index in [9.17, 15) is 14.4 Å². The van der Waals surface area contributed by atoms with Crippen LogP contribution in [0.4, 0.5) is 10.5 Å². The molecular weight excluding hydrogens is 568 g/mol. The van der Waals surface area contributed by atoms with Crippen LogP contribution in [0.5, 0.6) is 11.5 Å². The molecule has 0 saturated carbocycles. The molecule has 0 aliphatic carbocycles. The van der Waals surface area contributed by atoms with Gasteiger partial charge in [-0.15, -0.1) is 0 Å². The zero-order valence-electron chi connectivity index (χ0n) is 21.0. The molecule has 3 aromatic carbocycles. The molecule has 3 amide bonds. The summed E-state index contributed by atoms with van der Waals surface area (Å²) in [4.78, 5) is 39.4. The lowest BCUT2D eigenvalue weighted by atomic mass is 10.1. The van der Waals surface area contributed by atoms with E-state index in [4.69, 9.17) is 9.47 Å². The van der Waals surface area contributed by atoms with Gasteiger partial charge in [0.2, 0.25) is 0 Å². The Morgan fingerprint density at radius 3 is 2.50 bits per heavy atom. The summed E-state index contributed by atoms with van der Waals surface area (Å²) in [5, 5.41) is 2.50. The number of hydrogen-bond donors (Lipinski definition) is 1. The van der Waals surface area contributed by atoms with Gasteiger partial charge in [0.25, 0.3) is 17.1 Å². The first-order valence-electron chi connectivity index (χ1n) is 12.0. The zero-order valence-corrected chi connectivity index (χ0v) is 23.4. The van der Waals surface area contributed by atoms with E-state index < -0.39 is 0 Å². The summed E-state index contributed by atoms with van der Waals surface area (Å²) in [6, 6.07) is 20.8. The molecule has 7 nitrogen and oxygen atoms in total. The van der Waals surface area contributed by atoms with E-state index in [1.165, 1.54) is 17.6 Å². The van der Waals surface area contributed by atoms with Crippen LogP contribution >= 0.6 is 27.7 Å². The highest BCUT2D eigenvalue weighted by Crippen LogP contribution is 2.38. The van der Waals surface area contributed by atoms with Gasteiger partial charge in [0.15, 0.2) is 18.1 Å². The summed E-state index contributed by atoms with van der Waals surface area (Å²) in [6.45, 7) is 2.12. The van der Waals surface area contributed by atoms with Crippen molar-refractivity contribution in [1.29, 1.82) is 0 Å². The molecule has 9 heteroatoms. The summed E-state index contributed by atoms with van der Waals surface area (Å²) in [5.74, 6) is 0.137. The Labute approximate surface area is 234 Å². The number of halogens is 1. The summed E-state index contributed by atoms with van der Waals surface area (Å²) < 4.78 is 11.8. The second-order valence-corrected chi connectivity index (χ2v) is 10.5. The standard InChI is InChI=1S/C29H27BrN2O5S/c1-19-10-12-22(13-11-19)31-27(33)18-37-25-17-23(30)21(15-24(25)36-2)16-26-28(34)32(29(35)38-26)14-6-9-20-7-4-3-5-8-20/h3-5,7-8,10-13,15-17H,6,9,14,18H2,1-2H3,(H,31,33)/b26-16+. The third-order valence-electron chi connectivity index (χ3n) is 5.83. The molecule has 0 spiro atoms. The highest BCUT2D eigenvalue weighted by atomic mass is 79.9. The second-order valence-electron chi connectivity index (χ2n) is 8.65. The number of imide groups is 1. The monoisotopic (exact) mass is 594 g/mol. The van der Waals surface area contributed by atoms with Crippen molar-refractivity contribution in [3.63, 3.8) is 0 Å². The van der Waals surface area contributed by atoms with Crippen LogP contribution in [0.2, 0.25) is 0 Å². The predicted molar refractivity (Wildman–Crippen MR) is 153 cm³/mol. The van der Waals surface area contributed by atoms with Gasteiger partial charge in [-0.05, 0) is 73.0 Å². The Hall–Kier alpha value is -3.56. The molecule has 196 valence electrons. The Morgan fingerprint density at radius 2 is 1.79 bits per heavy atom. The number of ether oxygens (including phenoxy) is 2. The first-order valence-corrected chi connectivity index (χ1v) is 13.6. The molecule has 0 unspecified atom stereocenters. The van der Waals surface area contributed by atoms with Crippen molar-refractivity contribution in [2.45, 2.75) is 19.8 Å². The zero-order chi connectivity index (χ0) is 27.1. The van der Waals surface area contributed by atoms with Gasteiger partial charge < -0.3 is 14.8 Å². The van der Waals surface area contributed by atoms with Crippen molar-refractivity contribution in [1.82, 2.24) is 4.90 Å². The van der Waals surface area contributed by atoms with E-state index in [2.05, 4.69) is 21.2 Å².